The van der Waals surface area contributed by atoms with Gasteiger partial charge < -0.3 is 14.8 Å². The van der Waals surface area contributed by atoms with Crippen molar-refractivity contribution in [2.45, 2.75) is 37.5 Å². The standard InChI is InChI=1S/C23H24ClN5O2S/c1-2-28-21(19-9-6-14-29(19)22(31)16-10-12-17(24)13-11-16)26-27-23(28)32-15-20(30)25-18-7-4-3-5-8-18/h3-5,7-8,10-13,19H,2,6,9,14-15H2,1H3,(H,25,30). The van der Waals surface area contributed by atoms with Gasteiger partial charge in [0.2, 0.25) is 5.91 Å². The lowest BCUT2D eigenvalue weighted by Crippen LogP contribution is -2.32. The van der Waals surface area contributed by atoms with Crippen LogP contribution in [0.15, 0.2) is 59.8 Å². The molecule has 1 saturated heterocycles. The monoisotopic (exact) mass is 469 g/mol. The van der Waals surface area contributed by atoms with Crippen LogP contribution in [0.3, 0.4) is 0 Å². The Morgan fingerprint density at radius 1 is 1.12 bits per heavy atom. The van der Waals surface area contributed by atoms with Crippen molar-refractivity contribution in [2.75, 3.05) is 17.6 Å². The van der Waals surface area contributed by atoms with E-state index in [0.29, 0.717) is 28.8 Å². The zero-order chi connectivity index (χ0) is 22.5. The van der Waals surface area contributed by atoms with E-state index in [-0.39, 0.29) is 23.6 Å². The molecule has 1 unspecified atom stereocenters. The van der Waals surface area contributed by atoms with Crippen molar-refractivity contribution in [1.82, 2.24) is 19.7 Å². The van der Waals surface area contributed by atoms with Gasteiger partial charge in [0.25, 0.3) is 5.91 Å². The van der Waals surface area contributed by atoms with Crippen LogP contribution in [0.2, 0.25) is 5.02 Å². The number of aromatic nitrogens is 3. The fraction of sp³-hybridized carbons (Fsp3) is 0.304. The highest BCUT2D eigenvalue weighted by molar-refractivity contribution is 7.99. The van der Waals surface area contributed by atoms with Crippen molar-refractivity contribution in [3.63, 3.8) is 0 Å². The second-order valence-electron chi connectivity index (χ2n) is 7.45. The first-order chi connectivity index (χ1) is 15.6. The number of hydrogen-bond donors (Lipinski definition) is 1. The molecule has 1 aliphatic heterocycles. The van der Waals surface area contributed by atoms with Gasteiger partial charge >= 0.3 is 0 Å². The summed E-state index contributed by atoms with van der Waals surface area (Å²) in [7, 11) is 0. The third-order valence-electron chi connectivity index (χ3n) is 5.35. The minimum Gasteiger partial charge on any atom is -0.328 e. The molecule has 1 N–H and O–H groups in total. The van der Waals surface area contributed by atoms with E-state index in [1.165, 1.54) is 11.8 Å². The van der Waals surface area contributed by atoms with E-state index >= 15 is 0 Å². The molecule has 0 bridgehead atoms. The maximum atomic E-state index is 13.1. The van der Waals surface area contributed by atoms with Crippen molar-refractivity contribution in [1.29, 1.82) is 0 Å². The summed E-state index contributed by atoms with van der Waals surface area (Å²) in [6.45, 7) is 3.34. The minimum atomic E-state index is -0.141. The maximum absolute atomic E-state index is 13.1. The highest BCUT2D eigenvalue weighted by atomic mass is 35.5. The summed E-state index contributed by atoms with van der Waals surface area (Å²) in [5.41, 5.74) is 1.37. The summed E-state index contributed by atoms with van der Waals surface area (Å²) in [6.07, 6.45) is 1.74. The van der Waals surface area contributed by atoms with Gasteiger partial charge in [0.05, 0.1) is 11.8 Å². The number of halogens is 1. The van der Waals surface area contributed by atoms with Gasteiger partial charge in [-0.25, -0.2) is 0 Å². The smallest absolute Gasteiger partial charge is 0.254 e. The second-order valence-corrected chi connectivity index (χ2v) is 8.83. The fourth-order valence-electron chi connectivity index (χ4n) is 3.84. The average Bonchev–Trinajstić information content (AvgIpc) is 3.45. The van der Waals surface area contributed by atoms with Gasteiger partial charge in [-0.1, -0.05) is 41.6 Å². The largest absolute Gasteiger partial charge is 0.328 e. The summed E-state index contributed by atoms with van der Waals surface area (Å²) < 4.78 is 2.00. The van der Waals surface area contributed by atoms with E-state index in [1.54, 1.807) is 24.3 Å². The van der Waals surface area contributed by atoms with Gasteiger partial charge in [-0.15, -0.1) is 10.2 Å². The predicted octanol–water partition coefficient (Wildman–Crippen LogP) is 4.66. The zero-order valence-electron chi connectivity index (χ0n) is 17.7. The summed E-state index contributed by atoms with van der Waals surface area (Å²) in [6, 6.07) is 16.2. The quantitative estimate of drug-likeness (QED) is 0.509. The number of likely N-dealkylation sites (tertiary alicyclic amines) is 1. The molecule has 1 aromatic heterocycles. The molecular formula is C23H24ClN5O2S. The van der Waals surface area contributed by atoms with E-state index in [9.17, 15) is 9.59 Å². The topological polar surface area (TPSA) is 80.1 Å². The Kier molecular flexibility index (Phi) is 7.12. The first kappa shape index (κ1) is 22.4. The second kappa shape index (κ2) is 10.2. The summed E-state index contributed by atoms with van der Waals surface area (Å²) in [5.74, 6) is 0.851. The molecule has 0 aliphatic carbocycles. The summed E-state index contributed by atoms with van der Waals surface area (Å²) in [4.78, 5) is 27.3. The molecule has 2 amide bonds. The number of thioether (sulfide) groups is 1. The van der Waals surface area contributed by atoms with Crippen LogP contribution in [0.4, 0.5) is 5.69 Å². The number of nitrogens with one attached hydrogen (secondary N) is 1. The van der Waals surface area contributed by atoms with E-state index < -0.39 is 0 Å². The third-order valence-corrected chi connectivity index (χ3v) is 6.57. The van der Waals surface area contributed by atoms with Crippen LogP contribution < -0.4 is 5.32 Å². The van der Waals surface area contributed by atoms with Crippen molar-refractivity contribution in [3.05, 3.63) is 71.0 Å². The van der Waals surface area contributed by atoms with Crippen LogP contribution in [0, 0.1) is 0 Å². The molecule has 1 atom stereocenters. The lowest BCUT2D eigenvalue weighted by molar-refractivity contribution is -0.113. The van der Waals surface area contributed by atoms with Crippen LogP contribution in [0.5, 0.6) is 0 Å². The molecule has 0 radical (unpaired) electrons. The molecule has 2 heterocycles. The maximum Gasteiger partial charge on any atom is 0.254 e. The van der Waals surface area contributed by atoms with Gasteiger partial charge in [-0.05, 0) is 56.2 Å². The highest BCUT2D eigenvalue weighted by Crippen LogP contribution is 2.34. The Bertz CT molecular complexity index is 1090. The summed E-state index contributed by atoms with van der Waals surface area (Å²) in [5, 5.41) is 12.9. The Labute approximate surface area is 196 Å². The first-order valence-electron chi connectivity index (χ1n) is 10.5. The molecule has 0 saturated carbocycles. The van der Waals surface area contributed by atoms with Crippen LogP contribution in [0.25, 0.3) is 0 Å². The molecule has 4 rings (SSSR count). The summed E-state index contributed by atoms with van der Waals surface area (Å²) >= 11 is 7.31. The van der Waals surface area contributed by atoms with Crippen LogP contribution >= 0.6 is 23.4 Å². The van der Waals surface area contributed by atoms with Gasteiger partial charge in [-0.2, -0.15) is 0 Å². The van der Waals surface area contributed by atoms with E-state index in [0.717, 1.165) is 24.4 Å². The molecule has 2 aromatic carbocycles. The van der Waals surface area contributed by atoms with Crippen molar-refractivity contribution < 1.29 is 9.59 Å². The number of benzene rings is 2. The fourth-order valence-corrected chi connectivity index (χ4v) is 4.77. The van der Waals surface area contributed by atoms with Gasteiger partial charge in [0.15, 0.2) is 11.0 Å². The van der Waals surface area contributed by atoms with E-state index in [1.807, 2.05) is 46.7 Å². The average molecular weight is 470 g/mol. The third kappa shape index (κ3) is 4.97. The molecule has 0 spiro atoms. The molecule has 1 aliphatic rings. The van der Waals surface area contributed by atoms with Crippen LogP contribution in [-0.2, 0) is 11.3 Å². The predicted molar refractivity (Wildman–Crippen MR) is 126 cm³/mol. The number of hydrogen-bond acceptors (Lipinski definition) is 5. The van der Waals surface area contributed by atoms with Gasteiger partial charge in [0, 0.05) is 29.4 Å². The highest BCUT2D eigenvalue weighted by Gasteiger charge is 2.34. The SMILES string of the molecule is CCn1c(SCC(=O)Nc2ccccc2)nnc1C1CCCN1C(=O)c1ccc(Cl)cc1. The van der Waals surface area contributed by atoms with E-state index in [2.05, 4.69) is 15.5 Å². The molecular weight excluding hydrogens is 446 g/mol. The lowest BCUT2D eigenvalue weighted by Gasteiger charge is -2.24. The number of nitrogens with zero attached hydrogens (tertiary/aromatic N) is 4. The Morgan fingerprint density at radius 2 is 1.88 bits per heavy atom. The number of para-hydroxylation sites is 1. The number of carbonyl (C=O) groups excluding carboxylic acids is 2. The zero-order valence-corrected chi connectivity index (χ0v) is 19.3. The molecule has 32 heavy (non-hydrogen) atoms. The molecule has 9 heteroatoms. The van der Waals surface area contributed by atoms with Gasteiger partial charge in [0.1, 0.15) is 0 Å². The first-order valence-corrected chi connectivity index (χ1v) is 11.9. The minimum absolute atomic E-state index is 0.0359. The molecule has 1 fully saturated rings. The van der Waals surface area contributed by atoms with Crippen molar-refractivity contribution in [3.8, 4) is 0 Å². The van der Waals surface area contributed by atoms with Crippen LogP contribution in [0.1, 0.15) is 42.0 Å². The molecule has 3 aromatic rings. The normalized spacial score (nSPS) is 15.7. The Balaban J connectivity index is 1.46. The molecule has 7 nitrogen and oxygen atoms in total. The Hall–Kier alpha value is -2.84. The number of rotatable bonds is 7. The van der Waals surface area contributed by atoms with Crippen LogP contribution in [-0.4, -0.2) is 43.8 Å². The van der Waals surface area contributed by atoms with Crippen molar-refractivity contribution >= 4 is 40.9 Å². The Morgan fingerprint density at radius 3 is 2.59 bits per heavy atom. The van der Waals surface area contributed by atoms with Crippen molar-refractivity contribution in [2.24, 2.45) is 0 Å². The van der Waals surface area contributed by atoms with E-state index in [4.69, 9.17) is 11.6 Å². The number of carbonyl (C=O) groups is 2. The number of amides is 2. The number of anilines is 1. The lowest BCUT2D eigenvalue weighted by atomic mass is 10.1. The molecule has 166 valence electrons. The van der Waals surface area contributed by atoms with Gasteiger partial charge in [-0.3, -0.25) is 9.59 Å².